The highest BCUT2D eigenvalue weighted by Gasteiger charge is 2.25. The molecule has 6 heteroatoms. The first-order valence-electron chi connectivity index (χ1n) is 5.53. The molecule has 92 valence electrons. The number of hydrogen-bond donors (Lipinski definition) is 1. The second kappa shape index (κ2) is 4.57. The fourth-order valence-corrected chi connectivity index (χ4v) is 1.49. The number of fused-ring (bicyclic) bond motifs is 1. The van der Waals surface area contributed by atoms with Crippen LogP contribution < -0.4 is 14.8 Å². The lowest BCUT2D eigenvalue weighted by Gasteiger charge is -2.20. The minimum atomic E-state index is -0.295. The van der Waals surface area contributed by atoms with E-state index in [2.05, 4.69) is 15.3 Å². The molecule has 17 heavy (non-hydrogen) atoms. The predicted molar refractivity (Wildman–Crippen MR) is 60.5 cm³/mol. The third-order valence-electron chi connectivity index (χ3n) is 2.38. The monoisotopic (exact) mass is 237 g/mol. The summed E-state index contributed by atoms with van der Waals surface area (Å²) in [5.41, 5.74) is 0.237. The first-order chi connectivity index (χ1) is 8.13. The van der Waals surface area contributed by atoms with Crippen LogP contribution in [0.25, 0.3) is 0 Å². The van der Waals surface area contributed by atoms with Crippen molar-refractivity contribution in [3.63, 3.8) is 0 Å². The van der Waals surface area contributed by atoms with E-state index >= 15 is 0 Å². The fraction of sp³-hybridized carbons (Fsp3) is 0.545. The van der Waals surface area contributed by atoms with Gasteiger partial charge in [-0.2, -0.15) is 4.98 Å². The van der Waals surface area contributed by atoms with E-state index < -0.39 is 0 Å². The minimum Gasteiger partial charge on any atom is -0.483 e. The maximum atomic E-state index is 11.7. The van der Waals surface area contributed by atoms with Crippen molar-refractivity contribution in [2.75, 3.05) is 20.3 Å². The second-order valence-electron chi connectivity index (χ2n) is 4.00. The number of carbonyl (C=O) groups excluding carboxylic acids is 1. The van der Waals surface area contributed by atoms with Gasteiger partial charge in [0.2, 0.25) is 5.75 Å². The highest BCUT2D eigenvalue weighted by molar-refractivity contribution is 5.95. The van der Waals surface area contributed by atoms with Crippen molar-refractivity contribution in [2.24, 2.45) is 0 Å². The van der Waals surface area contributed by atoms with Gasteiger partial charge >= 0.3 is 0 Å². The van der Waals surface area contributed by atoms with E-state index in [1.165, 1.54) is 0 Å². The number of ether oxygens (including phenoxy) is 2. The summed E-state index contributed by atoms with van der Waals surface area (Å²) < 4.78 is 10.8. The van der Waals surface area contributed by atoms with Crippen LogP contribution in [-0.4, -0.2) is 36.1 Å². The summed E-state index contributed by atoms with van der Waals surface area (Å²) >= 11 is 0. The molecule has 1 N–H and O–H groups in total. The number of nitrogens with zero attached hydrogens (tertiary/aromatic N) is 2. The molecule has 0 atom stereocenters. The molecule has 1 aliphatic rings. The lowest BCUT2D eigenvalue weighted by atomic mass is 10.2. The Morgan fingerprint density at radius 3 is 2.65 bits per heavy atom. The molecule has 0 spiro atoms. The van der Waals surface area contributed by atoms with E-state index in [1.54, 1.807) is 7.05 Å². The zero-order chi connectivity index (χ0) is 12.4. The molecule has 0 bridgehead atoms. The Balaban J connectivity index is 2.54. The molecule has 0 fully saturated rings. The maximum absolute atomic E-state index is 11.7. The average Bonchev–Trinajstić information content (AvgIpc) is 2.36. The van der Waals surface area contributed by atoms with Crippen LogP contribution >= 0.6 is 0 Å². The number of aromatic nitrogens is 2. The smallest absolute Gasteiger partial charge is 0.273 e. The van der Waals surface area contributed by atoms with Crippen molar-refractivity contribution >= 4 is 5.91 Å². The van der Waals surface area contributed by atoms with Gasteiger partial charge in [-0.3, -0.25) is 4.79 Å². The Morgan fingerprint density at radius 2 is 2.00 bits per heavy atom. The summed E-state index contributed by atoms with van der Waals surface area (Å²) in [7, 11) is 1.55. The molecule has 0 aliphatic carbocycles. The van der Waals surface area contributed by atoms with Gasteiger partial charge in [-0.15, -0.1) is 0 Å². The SMILES string of the molecule is CNC(=O)c1nc(C(C)C)nc2c1OCCO2. The standard InChI is InChI=1S/C11H15N3O3/c1-6(2)9-13-7(10(15)12-3)8-11(14-9)17-5-4-16-8/h6H,4-5H2,1-3H3,(H,12,15). The van der Waals surface area contributed by atoms with Crippen LogP contribution in [0.3, 0.4) is 0 Å². The lowest BCUT2D eigenvalue weighted by Crippen LogP contribution is -2.25. The quantitative estimate of drug-likeness (QED) is 0.820. The van der Waals surface area contributed by atoms with Crippen molar-refractivity contribution in [1.29, 1.82) is 0 Å². The average molecular weight is 237 g/mol. The van der Waals surface area contributed by atoms with Gasteiger partial charge in [-0.1, -0.05) is 13.8 Å². The van der Waals surface area contributed by atoms with Gasteiger partial charge in [-0.25, -0.2) is 4.98 Å². The van der Waals surface area contributed by atoms with Crippen LogP contribution in [-0.2, 0) is 0 Å². The molecule has 0 aromatic carbocycles. The molecule has 0 saturated carbocycles. The lowest BCUT2D eigenvalue weighted by molar-refractivity contribution is 0.0942. The van der Waals surface area contributed by atoms with Crippen molar-refractivity contribution in [2.45, 2.75) is 19.8 Å². The van der Waals surface area contributed by atoms with E-state index in [0.717, 1.165) is 0 Å². The molecule has 1 aromatic heterocycles. The third kappa shape index (κ3) is 2.15. The molecule has 1 aliphatic heterocycles. The van der Waals surface area contributed by atoms with Gasteiger partial charge in [-0.05, 0) is 0 Å². The summed E-state index contributed by atoms with van der Waals surface area (Å²) in [4.78, 5) is 20.2. The van der Waals surface area contributed by atoms with E-state index in [9.17, 15) is 4.79 Å². The Kier molecular flexibility index (Phi) is 3.12. The largest absolute Gasteiger partial charge is 0.483 e. The number of amides is 1. The van der Waals surface area contributed by atoms with Crippen LogP contribution in [0.4, 0.5) is 0 Å². The molecular weight excluding hydrogens is 222 g/mol. The van der Waals surface area contributed by atoms with Crippen molar-refractivity contribution in [3.05, 3.63) is 11.5 Å². The minimum absolute atomic E-state index is 0.120. The van der Waals surface area contributed by atoms with Crippen LogP contribution in [0.5, 0.6) is 11.6 Å². The van der Waals surface area contributed by atoms with Crippen LogP contribution in [0.1, 0.15) is 36.1 Å². The normalized spacial score (nSPS) is 13.6. The van der Waals surface area contributed by atoms with Crippen LogP contribution in [0.15, 0.2) is 0 Å². The molecule has 1 amide bonds. The first kappa shape index (κ1) is 11.6. The topological polar surface area (TPSA) is 73.3 Å². The number of nitrogens with one attached hydrogen (secondary N) is 1. The summed E-state index contributed by atoms with van der Waals surface area (Å²) in [5.74, 6) is 1.09. The summed E-state index contributed by atoms with van der Waals surface area (Å²) in [6.07, 6.45) is 0. The van der Waals surface area contributed by atoms with Gasteiger partial charge in [0.25, 0.3) is 11.8 Å². The van der Waals surface area contributed by atoms with E-state index in [4.69, 9.17) is 9.47 Å². The Morgan fingerprint density at radius 1 is 1.29 bits per heavy atom. The maximum Gasteiger partial charge on any atom is 0.273 e. The van der Waals surface area contributed by atoms with Crippen molar-refractivity contribution in [1.82, 2.24) is 15.3 Å². The molecule has 2 rings (SSSR count). The summed E-state index contributed by atoms with van der Waals surface area (Å²) in [5, 5.41) is 2.53. The van der Waals surface area contributed by atoms with Gasteiger partial charge in [0.05, 0.1) is 0 Å². The fourth-order valence-electron chi connectivity index (χ4n) is 1.49. The molecule has 0 saturated heterocycles. The third-order valence-corrected chi connectivity index (χ3v) is 2.38. The van der Waals surface area contributed by atoms with Gasteiger partial charge in [0.15, 0.2) is 5.69 Å². The Hall–Kier alpha value is -1.85. The molecule has 0 radical (unpaired) electrons. The first-order valence-corrected chi connectivity index (χ1v) is 5.53. The molecule has 6 nitrogen and oxygen atoms in total. The predicted octanol–water partition coefficient (Wildman–Crippen LogP) is 0.731. The summed E-state index contributed by atoms with van der Waals surface area (Å²) in [6.45, 7) is 4.76. The number of hydrogen-bond acceptors (Lipinski definition) is 5. The zero-order valence-corrected chi connectivity index (χ0v) is 10.1. The second-order valence-corrected chi connectivity index (χ2v) is 4.00. The zero-order valence-electron chi connectivity index (χ0n) is 10.1. The highest BCUT2D eigenvalue weighted by atomic mass is 16.6. The number of rotatable bonds is 2. The number of carbonyl (C=O) groups is 1. The molecule has 0 unspecified atom stereocenters. The Bertz CT molecular complexity index is 446. The summed E-state index contributed by atoms with van der Waals surface area (Å²) in [6, 6.07) is 0. The van der Waals surface area contributed by atoms with E-state index in [-0.39, 0.29) is 17.5 Å². The van der Waals surface area contributed by atoms with Gasteiger partial charge in [0, 0.05) is 13.0 Å². The van der Waals surface area contributed by atoms with Crippen LogP contribution in [0.2, 0.25) is 0 Å². The van der Waals surface area contributed by atoms with Gasteiger partial charge in [0.1, 0.15) is 19.0 Å². The molecular formula is C11H15N3O3. The van der Waals surface area contributed by atoms with Gasteiger partial charge < -0.3 is 14.8 Å². The van der Waals surface area contributed by atoms with E-state index in [0.29, 0.717) is 30.7 Å². The Labute approximate surface area is 99.4 Å². The van der Waals surface area contributed by atoms with Crippen LogP contribution in [0, 0.1) is 0 Å². The van der Waals surface area contributed by atoms with Crippen molar-refractivity contribution in [3.8, 4) is 11.6 Å². The van der Waals surface area contributed by atoms with E-state index in [1.807, 2.05) is 13.8 Å². The van der Waals surface area contributed by atoms with Crippen molar-refractivity contribution < 1.29 is 14.3 Å². The highest BCUT2D eigenvalue weighted by Crippen LogP contribution is 2.32. The molecule has 2 heterocycles. The molecule has 1 aromatic rings.